The number of nitrogens with zero attached hydrogens (tertiary/aromatic N) is 3. The maximum absolute atomic E-state index is 13.5. The van der Waals surface area contributed by atoms with Gasteiger partial charge in [-0.25, -0.2) is 4.79 Å². The van der Waals surface area contributed by atoms with Crippen LogP contribution in [0.3, 0.4) is 0 Å². The first-order valence-corrected chi connectivity index (χ1v) is 14.2. The molecular weight excluding hydrogens is 559 g/mol. The van der Waals surface area contributed by atoms with Crippen LogP contribution in [-0.2, 0) is 15.2 Å². The van der Waals surface area contributed by atoms with Gasteiger partial charge in [-0.3, -0.25) is 14.5 Å². The van der Waals surface area contributed by atoms with Crippen LogP contribution >= 0.6 is 11.6 Å². The normalized spacial score (nSPS) is 19.1. The number of carbonyl (C=O) groups is 3. The second-order valence-electron chi connectivity index (χ2n) is 11.4. The predicted octanol–water partition coefficient (Wildman–Crippen LogP) is 6.07. The molecule has 0 aromatic heterocycles. The monoisotopic (exact) mass is 593 g/mol. The zero-order valence-electron chi connectivity index (χ0n) is 23.4. The fourth-order valence-corrected chi connectivity index (χ4v) is 5.77. The van der Waals surface area contributed by atoms with E-state index in [2.05, 4.69) is 16.7 Å². The smallest absolute Gasteiger partial charge is 0.339 e. The van der Waals surface area contributed by atoms with Crippen LogP contribution in [0.4, 0.5) is 13.2 Å². The van der Waals surface area contributed by atoms with Crippen molar-refractivity contribution in [3.63, 3.8) is 0 Å². The van der Waals surface area contributed by atoms with Gasteiger partial charge in [-0.05, 0) is 94.0 Å². The van der Waals surface area contributed by atoms with Gasteiger partial charge in [0, 0.05) is 41.8 Å². The fraction of sp³-hybridized carbons (Fsp3) is 0.500. The van der Waals surface area contributed by atoms with Gasteiger partial charge in [0.25, 0.3) is 11.8 Å². The summed E-state index contributed by atoms with van der Waals surface area (Å²) in [4.78, 5) is 47.4. The van der Waals surface area contributed by atoms with Gasteiger partial charge < -0.3 is 9.74 Å². The van der Waals surface area contributed by atoms with Gasteiger partial charge in [0.15, 0.2) is 0 Å². The molecule has 2 aliphatic heterocycles. The molecule has 41 heavy (non-hydrogen) atoms. The van der Waals surface area contributed by atoms with E-state index in [4.69, 9.17) is 11.6 Å². The highest BCUT2D eigenvalue weighted by Gasteiger charge is 2.46. The Morgan fingerprint density at radius 3 is 2.17 bits per heavy atom. The van der Waals surface area contributed by atoms with E-state index in [0.29, 0.717) is 46.3 Å². The van der Waals surface area contributed by atoms with Crippen molar-refractivity contribution in [2.45, 2.75) is 64.2 Å². The molecule has 4 rings (SSSR count). The van der Waals surface area contributed by atoms with Gasteiger partial charge in [0.1, 0.15) is 5.54 Å². The van der Waals surface area contributed by atoms with Crippen molar-refractivity contribution in [2.24, 2.45) is 5.92 Å². The third kappa shape index (κ3) is 7.22. The van der Waals surface area contributed by atoms with Crippen molar-refractivity contribution < 1.29 is 32.4 Å². The van der Waals surface area contributed by atoms with E-state index >= 15 is 0 Å². The number of hydrogen-bond donors (Lipinski definition) is 0. The molecule has 0 aliphatic carbocycles. The van der Waals surface area contributed by atoms with Crippen molar-refractivity contribution in [3.05, 3.63) is 70.2 Å². The molecule has 1 unspecified atom stereocenters. The van der Waals surface area contributed by atoms with E-state index in [9.17, 15) is 27.6 Å². The number of piperidine rings is 2. The topological polar surface area (TPSA) is 70.2 Å². The van der Waals surface area contributed by atoms with Crippen LogP contribution in [0, 0.1) is 5.92 Å². The molecule has 11 heteroatoms. The van der Waals surface area contributed by atoms with Crippen LogP contribution in [0.15, 0.2) is 48.5 Å². The minimum absolute atomic E-state index is 0.0513. The Hall–Kier alpha value is -3.11. The average molecular weight is 594 g/mol. The molecule has 2 heterocycles. The van der Waals surface area contributed by atoms with Crippen molar-refractivity contribution in [3.8, 4) is 0 Å². The number of rotatable bonds is 5. The number of halogens is 4. The number of benzene rings is 2. The van der Waals surface area contributed by atoms with Crippen LogP contribution in [0.1, 0.15) is 72.7 Å². The highest BCUT2D eigenvalue weighted by atomic mass is 35.5. The third-order valence-corrected chi connectivity index (χ3v) is 8.20. The first-order chi connectivity index (χ1) is 19.3. The molecular formula is C30H35ClF3N3O4. The maximum Gasteiger partial charge on any atom is 0.493 e. The molecule has 1 atom stereocenters. The molecule has 0 radical (unpaired) electrons. The van der Waals surface area contributed by atoms with Crippen molar-refractivity contribution in [2.75, 3.05) is 26.2 Å². The first-order valence-electron chi connectivity index (χ1n) is 13.8. The van der Waals surface area contributed by atoms with E-state index in [1.165, 1.54) is 57.0 Å². The maximum atomic E-state index is 13.5. The van der Waals surface area contributed by atoms with Crippen LogP contribution in [0.2, 0.25) is 5.02 Å². The van der Waals surface area contributed by atoms with Gasteiger partial charge in [-0.15, -0.1) is 0 Å². The summed E-state index contributed by atoms with van der Waals surface area (Å²) in [5.74, 6) is -3.00. The zero-order valence-corrected chi connectivity index (χ0v) is 24.2. The first kappa shape index (κ1) is 30.8. The number of hydroxylamine groups is 2. The Labute approximate surface area is 243 Å². The van der Waals surface area contributed by atoms with Crippen molar-refractivity contribution in [1.82, 2.24) is 14.9 Å². The molecule has 0 spiro atoms. The van der Waals surface area contributed by atoms with Gasteiger partial charge in [-0.2, -0.15) is 18.2 Å². The molecule has 2 aromatic rings. The Balaban J connectivity index is 1.48. The van der Waals surface area contributed by atoms with Crippen LogP contribution < -0.4 is 0 Å². The highest BCUT2D eigenvalue weighted by Crippen LogP contribution is 2.33. The summed E-state index contributed by atoms with van der Waals surface area (Å²) in [6.45, 7) is 8.60. The summed E-state index contributed by atoms with van der Waals surface area (Å²) in [6.07, 6.45) is -1.07. The van der Waals surface area contributed by atoms with Crippen molar-refractivity contribution >= 4 is 29.4 Å². The van der Waals surface area contributed by atoms with E-state index in [0.717, 1.165) is 25.9 Å². The number of hydrogen-bond acceptors (Lipinski definition) is 5. The minimum atomic E-state index is -5.32. The lowest BCUT2D eigenvalue weighted by Gasteiger charge is -2.41. The molecule has 0 bridgehead atoms. The molecule has 222 valence electrons. The number of alkyl halides is 3. The molecule has 2 fully saturated rings. The Morgan fingerprint density at radius 2 is 1.59 bits per heavy atom. The number of likely N-dealkylation sites (tertiary alicyclic amines) is 2. The number of amides is 2. The van der Waals surface area contributed by atoms with Crippen LogP contribution in [0.5, 0.6) is 0 Å². The molecule has 2 saturated heterocycles. The quantitative estimate of drug-likeness (QED) is 0.393. The summed E-state index contributed by atoms with van der Waals surface area (Å²) < 4.78 is 39.4. The summed E-state index contributed by atoms with van der Waals surface area (Å²) in [7, 11) is 0. The summed E-state index contributed by atoms with van der Waals surface area (Å²) in [5.41, 5.74) is -0.861. The Bertz CT molecular complexity index is 1260. The molecule has 7 nitrogen and oxygen atoms in total. The van der Waals surface area contributed by atoms with Gasteiger partial charge in [-0.1, -0.05) is 30.7 Å². The zero-order chi connectivity index (χ0) is 29.9. The molecule has 2 aromatic carbocycles. The minimum Gasteiger partial charge on any atom is -0.339 e. The van der Waals surface area contributed by atoms with E-state index < -0.39 is 23.6 Å². The summed E-state index contributed by atoms with van der Waals surface area (Å²) >= 11 is 6.07. The lowest BCUT2D eigenvalue weighted by atomic mass is 9.93. The number of carbonyl (C=O) groups excluding carboxylic acids is 3. The van der Waals surface area contributed by atoms with Gasteiger partial charge in [0.2, 0.25) is 0 Å². The summed E-state index contributed by atoms with van der Waals surface area (Å²) in [6, 6.07) is 12.3. The lowest BCUT2D eigenvalue weighted by Crippen LogP contribution is -2.49. The van der Waals surface area contributed by atoms with Gasteiger partial charge >= 0.3 is 12.1 Å². The van der Waals surface area contributed by atoms with Gasteiger partial charge in [0.05, 0.1) is 0 Å². The lowest BCUT2D eigenvalue weighted by molar-refractivity contribution is -0.242. The van der Waals surface area contributed by atoms with E-state index in [1.54, 1.807) is 23.1 Å². The fourth-order valence-electron chi connectivity index (χ4n) is 5.58. The third-order valence-electron chi connectivity index (χ3n) is 7.96. The molecule has 2 amide bonds. The SMILES string of the molecule is CC1CCCN(C2CCN(C(=O)c3ccc(C(=O)N(OC(=O)C(F)(F)F)C(C)(C)c4cccc(Cl)c4)cc3)CC2)C1. The van der Waals surface area contributed by atoms with Crippen molar-refractivity contribution in [1.29, 1.82) is 0 Å². The Kier molecular flexibility index (Phi) is 9.33. The summed E-state index contributed by atoms with van der Waals surface area (Å²) in [5, 5.41) is 0.694. The second-order valence-corrected chi connectivity index (χ2v) is 11.8. The molecule has 2 aliphatic rings. The van der Waals surface area contributed by atoms with Crippen LogP contribution in [-0.4, -0.2) is 71.0 Å². The average Bonchev–Trinajstić information content (AvgIpc) is 2.94. The van der Waals surface area contributed by atoms with Crippen LogP contribution in [0.25, 0.3) is 0 Å². The molecule has 0 N–H and O–H groups in total. The second kappa shape index (κ2) is 12.4. The largest absolute Gasteiger partial charge is 0.493 e. The standard InChI is InChI=1S/C30H35ClF3N3O4/c1-20-6-5-15-36(19-20)25-13-16-35(17-14-25)26(38)21-9-11-22(12-10-21)27(39)37(41-28(40)30(32,33)34)29(2,3)23-7-4-8-24(31)18-23/h4,7-12,18,20,25H,5-6,13-17,19H2,1-3H3. The van der Waals surface area contributed by atoms with E-state index in [1.807, 2.05) is 0 Å². The molecule has 0 saturated carbocycles. The highest BCUT2D eigenvalue weighted by molar-refractivity contribution is 6.30. The predicted molar refractivity (Wildman–Crippen MR) is 148 cm³/mol. The van der Waals surface area contributed by atoms with E-state index in [-0.39, 0.29) is 11.5 Å². The Morgan fingerprint density at radius 1 is 0.951 bits per heavy atom.